The molecule has 1 fully saturated rings. The molecule has 1 aromatic heterocycles. The highest BCUT2D eigenvalue weighted by Crippen LogP contribution is 2.42. The first-order valence-corrected chi connectivity index (χ1v) is 7.16. The standard InChI is InChI=1S/C11H15N3O4S/c1-7-5-9-8(6-13(7)11(15)16)10(18-12-9)14(17)3-2-4-19-14/h7H,2-6H2,1H3,(H,15,16)/t7-,14?/m0/s1. The van der Waals surface area contributed by atoms with E-state index in [2.05, 4.69) is 5.16 Å². The molecule has 8 heteroatoms. The largest absolute Gasteiger partial charge is 0.612 e. The van der Waals surface area contributed by atoms with E-state index in [-0.39, 0.29) is 18.5 Å². The molecule has 3 heterocycles. The van der Waals surface area contributed by atoms with Crippen molar-refractivity contribution < 1.29 is 14.4 Å². The molecular formula is C11H15N3O4S. The van der Waals surface area contributed by atoms with Gasteiger partial charge in [-0.15, -0.1) is 0 Å². The summed E-state index contributed by atoms with van der Waals surface area (Å²) in [5.41, 5.74) is 1.38. The van der Waals surface area contributed by atoms with Crippen LogP contribution in [0, 0.1) is 5.21 Å². The number of hydrogen-bond acceptors (Lipinski definition) is 5. The van der Waals surface area contributed by atoms with Gasteiger partial charge in [-0.05, 0) is 6.92 Å². The summed E-state index contributed by atoms with van der Waals surface area (Å²) in [5.74, 6) is 1.06. The fourth-order valence-electron chi connectivity index (χ4n) is 2.60. The summed E-state index contributed by atoms with van der Waals surface area (Å²) in [7, 11) is 0. The molecule has 19 heavy (non-hydrogen) atoms. The Morgan fingerprint density at radius 1 is 1.68 bits per heavy atom. The van der Waals surface area contributed by atoms with Gasteiger partial charge >= 0.3 is 12.0 Å². The maximum Gasteiger partial charge on any atom is 0.407 e. The number of carboxylic acid groups (broad SMARTS) is 1. The number of quaternary nitrogens is 1. The van der Waals surface area contributed by atoms with Gasteiger partial charge in [-0.2, -0.15) is 0 Å². The Hall–Kier alpha value is -1.25. The first kappa shape index (κ1) is 12.8. The van der Waals surface area contributed by atoms with Gasteiger partial charge in [0, 0.05) is 18.9 Å². The van der Waals surface area contributed by atoms with Crippen molar-refractivity contribution in [3.05, 3.63) is 16.5 Å². The van der Waals surface area contributed by atoms with Crippen LogP contribution in [0.2, 0.25) is 0 Å². The van der Waals surface area contributed by atoms with E-state index < -0.39 is 10.1 Å². The first-order chi connectivity index (χ1) is 9.01. The molecule has 3 rings (SSSR count). The zero-order valence-corrected chi connectivity index (χ0v) is 11.4. The maximum atomic E-state index is 12.6. The van der Waals surface area contributed by atoms with Gasteiger partial charge in [0.1, 0.15) is 5.56 Å². The molecule has 1 unspecified atom stereocenters. The third kappa shape index (κ3) is 1.99. The van der Waals surface area contributed by atoms with E-state index in [9.17, 15) is 15.1 Å². The zero-order chi connectivity index (χ0) is 13.6. The Bertz CT molecular complexity index is 512. The number of rotatable bonds is 1. The average molecular weight is 285 g/mol. The topological polar surface area (TPSA) is 89.6 Å². The van der Waals surface area contributed by atoms with Crippen molar-refractivity contribution in [3.63, 3.8) is 0 Å². The smallest absolute Gasteiger partial charge is 0.407 e. The van der Waals surface area contributed by atoms with Crippen LogP contribution in [-0.2, 0) is 13.0 Å². The molecular weight excluding hydrogens is 270 g/mol. The molecule has 7 nitrogen and oxygen atoms in total. The minimum Gasteiger partial charge on any atom is -0.612 e. The van der Waals surface area contributed by atoms with E-state index in [0.717, 1.165) is 17.9 Å². The van der Waals surface area contributed by atoms with Crippen LogP contribution < -0.4 is 4.05 Å². The van der Waals surface area contributed by atoms with E-state index in [1.54, 1.807) is 0 Å². The predicted octanol–water partition coefficient (Wildman–Crippen LogP) is 1.96. The van der Waals surface area contributed by atoms with Crippen molar-refractivity contribution in [2.75, 3.05) is 12.3 Å². The summed E-state index contributed by atoms with van der Waals surface area (Å²) in [6.07, 6.45) is 0.357. The van der Waals surface area contributed by atoms with Crippen LogP contribution in [0.3, 0.4) is 0 Å². The quantitative estimate of drug-likeness (QED) is 0.482. The van der Waals surface area contributed by atoms with Crippen LogP contribution in [0.25, 0.3) is 0 Å². The second-order valence-electron chi connectivity index (χ2n) is 4.96. The van der Waals surface area contributed by atoms with Crippen molar-refractivity contribution >= 4 is 23.9 Å². The lowest BCUT2D eigenvalue weighted by Gasteiger charge is -2.34. The molecule has 0 aromatic carbocycles. The lowest BCUT2D eigenvalue weighted by atomic mass is 10.0. The van der Waals surface area contributed by atoms with Gasteiger partial charge in [-0.3, -0.25) is 0 Å². The van der Waals surface area contributed by atoms with Crippen LogP contribution in [-0.4, -0.2) is 39.6 Å². The van der Waals surface area contributed by atoms with Crippen molar-refractivity contribution in [1.29, 1.82) is 0 Å². The van der Waals surface area contributed by atoms with Crippen molar-refractivity contribution in [2.24, 2.45) is 0 Å². The molecule has 1 amide bonds. The Balaban J connectivity index is 1.97. The normalized spacial score (nSPS) is 30.4. The average Bonchev–Trinajstić information content (AvgIpc) is 2.94. The van der Waals surface area contributed by atoms with E-state index >= 15 is 0 Å². The van der Waals surface area contributed by atoms with Crippen LogP contribution in [0.4, 0.5) is 10.7 Å². The Morgan fingerprint density at radius 2 is 2.47 bits per heavy atom. The molecule has 0 radical (unpaired) electrons. The molecule has 2 aliphatic heterocycles. The molecule has 1 N–H and O–H groups in total. The third-order valence-electron chi connectivity index (χ3n) is 3.65. The molecule has 1 saturated heterocycles. The summed E-state index contributed by atoms with van der Waals surface area (Å²) >= 11 is 1.27. The maximum absolute atomic E-state index is 12.6. The van der Waals surface area contributed by atoms with E-state index in [4.69, 9.17) is 4.52 Å². The summed E-state index contributed by atoms with van der Waals surface area (Å²) in [6, 6.07) is -0.144. The van der Waals surface area contributed by atoms with Crippen LogP contribution in [0.1, 0.15) is 24.6 Å². The number of carbonyl (C=O) groups is 1. The van der Waals surface area contributed by atoms with Crippen LogP contribution in [0.5, 0.6) is 0 Å². The van der Waals surface area contributed by atoms with Gasteiger partial charge in [-0.25, -0.2) is 8.85 Å². The molecule has 2 aliphatic rings. The van der Waals surface area contributed by atoms with Crippen molar-refractivity contribution in [3.8, 4) is 0 Å². The van der Waals surface area contributed by atoms with Crippen molar-refractivity contribution in [2.45, 2.75) is 32.4 Å². The molecule has 0 bridgehead atoms. The first-order valence-electron chi connectivity index (χ1n) is 6.22. The molecule has 0 aliphatic carbocycles. The molecule has 104 valence electrons. The minimum absolute atomic E-state index is 0.144. The van der Waals surface area contributed by atoms with Crippen molar-refractivity contribution in [1.82, 2.24) is 14.1 Å². The summed E-state index contributed by atoms with van der Waals surface area (Å²) in [5, 5.41) is 25.7. The predicted molar refractivity (Wildman–Crippen MR) is 70.3 cm³/mol. The number of fused-ring (bicyclic) bond motifs is 1. The van der Waals surface area contributed by atoms with Crippen LogP contribution >= 0.6 is 11.9 Å². The minimum atomic E-state index is -0.975. The van der Waals surface area contributed by atoms with Gasteiger partial charge in [-0.1, -0.05) is 5.16 Å². The molecule has 0 saturated carbocycles. The Labute approximate surface area is 114 Å². The monoisotopic (exact) mass is 285 g/mol. The van der Waals surface area contributed by atoms with E-state index in [1.165, 1.54) is 16.8 Å². The Kier molecular flexibility index (Phi) is 2.95. The zero-order valence-electron chi connectivity index (χ0n) is 10.5. The SMILES string of the molecule is C[C@H]1Cc2noc([N+]3([O-])CCCS3)c2CN1C(=O)O. The second kappa shape index (κ2) is 4.39. The number of nitrogens with zero attached hydrogens (tertiary/aromatic N) is 3. The summed E-state index contributed by atoms with van der Waals surface area (Å²) in [6.45, 7) is 2.47. The summed E-state index contributed by atoms with van der Waals surface area (Å²) in [4.78, 5) is 12.5. The van der Waals surface area contributed by atoms with Gasteiger partial charge in [0.25, 0.3) is 0 Å². The van der Waals surface area contributed by atoms with Gasteiger partial charge in [0.15, 0.2) is 0 Å². The highest BCUT2D eigenvalue weighted by Gasteiger charge is 2.40. The highest BCUT2D eigenvalue weighted by molar-refractivity contribution is 7.99. The van der Waals surface area contributed by atoms with Gasteiger partial charge < -0.3 is 19.7 Å². The lowest BCUT2D eigenvalue weighted by Crippen LogP contribution is -2.42. The Morgan fingerprint density at radius 3 is 3.11 bits per heavy atom. The van der Waals surface area contributed by atoms with Gasteiger partial charge in [0.05, 0.1) is 36.5 Å². The molecule has 1 aromatic rings. The van der Waals surface area contributed by atoms with Gasteiger partial charge in [0.2, 0.25) is 0 Å². The number of aromatic nitrogens is 1. The molecule has 0 spiro atoms. The number of hydroxylamine groups is 1. The highest BCUT2D eigenvalue weighted by atomic mass is 32.2. The fourth-order valence-corrected chi connectivity index (χ4v) is 3.67. The summed E-state index contributed by atoms with van der Waals surface area (Å²) < 4.78 is 4.67. The number of hydrogen-bond donors (Lipinski definition) is 1. The fraction of sp³-hybridized carbons (Fsp3) is 0.636. The van der Waals surface area contributed by atoms with E-state index in [0.29, 0.717) is 18.5 Å². The molecule has 2 atom stereocenters. The lowest BCUT2D eigenvalue weighted by molar-refractivity contribution is 0.119. The third-order valence-corrected chi connectivity index (χ3v) is 4.89. The van der Waals surface area contributed by atoms with Crippen LogP contribution in [0.15, 0.2) is 4.52 Å². The van der Waals surface area contributed by atoms with E-state index in [1.807, 2.05) is 6.92 Å². The number of amides is 1. The second-order valence-corrected chi connectivity index (χ2v) is 6.22.